The van der Waals surface area contributed by atoms with Crippen LogP contribution in [0.2, 0.25) is 0 Å². The lowest BCUT2D eigenvalue weighted by Gasteiger charge is -2.42. The number of rotatable bonds is 5. The Bertz CT molecular complexity index is 2200. The summed E-state index contributed by atoms with van der Waals surface area (Å²) in [6, 6.07) is 19.6. The minimum Gasteiger partial charge on any atom is -0.397 e. The Morgan fingerprint density at radius 1 is 0.682 bits per heavy atom. The Morgan fingerprint density at radius 2 is 1.27 bits per heavy atom. The molecule has 0 fully saturated rings. The van der Waals surface area contributed by atoms with Gasteiger partial charge >= 0.3 is 0 Å². The van der Waals surface area contributed by atoms with Crippen molar-refractivity contribution in [2.24, 2.45) is 0 Å². The predicted octanol–water partition coefficient (Wildman–Crippen LogP) is 11.7. The van der Waals surface area contributed by atoms with Crippen molar-refractivity contribution >= 4 is 17.1 Å². The van der Waals surface area contributed by atoms with E-state index in [0.29, 0.717) is 39.3 Å². The highest BCUT2D eigenvalue weighted by atomic mass is 14.9. The Balaban J connectivity index is 1.83. The van der Waals surface area contributed by atoms with E-state index in [9.17, 15) is 6.85 Å². The van der Waals surface area contributed by atoms with Gasteiger partial charge in [0.05, 0.1) is 26.7 Å². The van der Waals surface area contributed by atoms with Gasteiger partial charge in [0.25, 0.3) is 0 Å². The Kier molecular flexibility index (Phi) is 5.56. The van der Waals surface area contributed by atoms with Crippen LogP contribution in [0.4, 0.5) is 17.1 Å². The summed E-state index contributed by atoms with van der Waals surface area (Å²) >= 11 is 0. The number of anilines is 3. The molecule has 0 saturated carbocycles. The molecule has 1 aliphatic rings. The van der Waals surface area contributed by atoms with Gasteiger partial charge in [-0.05, 0) is 98.3 Å². The van der Waals surface area contributed by atoms with Gasteiger partial charge in [0.1, 0.15) is 0 Å². The van der Waals surface area contributed by atoms with Crippen molar-refractivity contribution in [2.75, 3.05) is 11.1 Å². The molecule has 5 aromatic rings. The maximum Gasteiger partial charge on any atom is 0.0636 e. The molecule has 0 amide bonds. The lowest BCUT2D eigenvalue weighted by molar-refractivity contribution is 0.332. The molecule has 0 spiro atoms. The van der Waals surface area contributed by atoms with Crippen molar-refractivity contribution in [2.45, 2.75) is 77.6 Å². The fourth-order valence-corrected chi connectivity index (χ4v) is 6.01. The van der Waals surface area contributed by atoms with Crippen molar-refractivity contribution in [1.29, 1.82) is 0 Å². The van der Waals surface area contributed by atoms with Crippen molar-refractivity contribution in [3.63, 3.8) is 0 Å². The second-order valence-corrected chi connectivity index (χ2v) is 14.3. The summed E-state index contributed by atoms with van der Waals surface area (Å²) < 4.78 is 65.5. The third kappa shape index (κ3) is 5.66. The van der Waals surface area contributed by atoms with Gasteiger partial charge in [-0.1, -0.05) is 127 Å². The Labute approximate surface area is 274 Å². The molecule has 0 bridgehead atoms. The fraction of sp³-hybridized carbons (Fsp3) is 0.286. The topological polar surface area (TPSA) is 38.0 Å². The molecule has 0 aromatic heterocycles. The van der Waals surface area contributed by atoms with Gasteiger partial charge in [0.15, 0.2) is 0 Å². The molecular weight excluding hydrogens is 532 g/mol. The number of nitrogen functional groups attached to an aromatic ring is 1. The number of nitrogens with two attached hydrogens (primary N) is 1. The van der Waals surface area contributed by atoms with Crippen LogP contribution >= 0.6 is 0 Å². The standard InChI is InChI=1S/C42H46N2/c1-40(2,3)32-26-33(30-17-13-16-29(24-30)28-14-9-8-10-15-28)39(44-38-19-12-11-18-37(38)43)34(27-32)31-20-21-35-36(25-31)42(6,7)23-22-41(35,4)5/h8-21,24-27,44H,22-23,43H2,1-7H3/i13D,16D,17D,20D,21D,24D,25D. The second-order valence-electron chi connectivity index (χ2n) is 14.3. The fourth-order valence-electron chi connectivity index (χ4n) is 6.01. The number of benzene rings is 5. The lowest BCUT2D eigenvalue weighted by atomic mass is 9.63. The van der Waals surface area contributed by atoms with Crippen molar-refractivity contribution in [3.8, 4) is 33.4 Å². The van der Waals surface area contributed by atoms with Crippen molar-refractivity contribution in [3.05, 3.63) is 126 Å². The minimum atomic E-state index is -0.455. The maximum atomic E-state index is 9.86. The first kappa shape index (κ1) is 22.2. The predicted molar refractivity (Wildman–Crippen MR) is 191 cm³/mol. The number of nitrogens with one attached hydrogen (secondary N) is 1. The molecule has 6 rings (SSSR count). The molecule has 0 unspecified atom stereocenters. The molecular formula is C42H46N2. The maximum absolute atomic E-state index is 9.86. The first-order valence-electron chi connectivity index (χ1n) is 18.9. The molecule has 2 heteroatoms. The molecule has 3 N–H and O–H groups in total. The van der Waals surface area contributed by atoms with Crippen LogP contribution in [-0.2, 0) is 16.2 Å². The summed E-state index contributed by atoms with van der Waals surface area (Å²) in [7, 11) is 0. The van der Waals surface area contributed by atoms with E-state index in [-0.39, 0.29) is 58.8 Å². The van der Waals surface area contributed by atoms with Crippen LogP contribution in [0.3, 0.4) is 0 Å². The lowest BCUT2D eigenvalue weighted by Crippen LogP contribution is -2.33. The van der Waals surface area contributed by atoms with E-state index in [2.05, 4.69) is 53.8 Å². The highest BCUT2D eigenvalue weighted by Crippen LogP contribution is 2.49. The average Bonchev–Trinajstić information content (AvgIpc) is 3.06. The molecule has 5 aromatic carbocycles. The SMILES string of the molecule is [2H]c1c([2H])c(-c2ccccc2)c([2H])c(-c2cc(C(C)(C)C)cc(-c3c([2H])c([2H])c4c(c3[2H])C(C)(C)CCC4(C)C)c2Nc2ccccc2N)c1[2H]. The first-order chi connectivity index (χ1) is 23.8. The third-order valence-electron chi connectivity index (χ3n) is 8.99. The molecule has 1 aliphatic carbocycles. The van der Waals surface area contributed by atoms with Crippen LogP contribution in [0, 0.1) is 0 Å². The smallest absolute Gasteiger partial charge is 0.0636 e. The molecule has 44 heavy (non-hydrogen) atoms. The van der Waals surface area contributed by atoms with Crippen LogP contribution in [-0.4, -0.2) is 0 Å². The van der Waals surface area contributed by atoms with Gasteiger partial charge in [0.2, 0.25) is 0 Å². The summed E-state index contributed by atoms with van der Waals surface area (Å²) in [6.07, 6.45) is 1.66. The number of para-hydroxylation sites is 2. The number of hydrogen-bond donors (Lipinski definition) is 2. The quantitative estimate of drug-likeness (QED) is 0.201. The largest absolute Gasteiger partial charge is 0.397 e. The van der Waals surface area contributed by atoms with E-state index in [4.69, 9.17) is 8.48 Å². The highest BCUT2D eigenvalue weighted by Gasteiger charge is 2.37. The second kappa shape index (κ2) is 11.0. The van der Waals surface area contributed by atoms with E-state index in [1.807, 2.05) is 48.5 Å². The molecule has 0 saturated heterocycles. The van der Waals surface area contributed by atoms with Gasteiger partial charge in [-0.15, -0.1) is 0 Å². The highest BCUT2D eigenvalue weighted by molar-refractivity contribution is 5.95. The van der Waals surface area contributed by atoms with Crippen LogP contribution in [0.15, 0.2) is 109 Å². The molecule has 0 aliphatic heterocycles. The van der Waals surface area contributed by atoms with Crippen LogP contribution in [0.1, 0.15) is 87.6 Å². The van der Waals surface area contributed by atoms with E-state index in [1.54, 1.807) is 18.2 Å². The first-order valence-corrected chi connectivity index (χ1v) is 15.4. The van der Waals surface area contributed by atoms with Crippen LogP contribution < -0.4 is 11.1 Å². The number of hydrogen-bond acceptors (Lipinski definition) is 2. The zero-order chi connectivity index (χ0) is 37.4. The molecule has 224 valence electrons. The normalized spacial score (nSPS) is 17.7. The van der Waals surface area contributed by atoms with Gasteiger partial charge < -0.3 is 11.1 Å². The monoisotopic (exact) mass is 585 g/mol. The number of fused-ring (bicyclic) bond motifs is 1. The van der Waals surface area contributed by atoms with Gasteiger partial charge in [-0.2, -0.15) is 0 Å². The van der Waals surface area contributed by atoms with Crippen LogP contribution in [0.25, 0.3) is 33.4 Å². The summed E-state index contributed by atoms with van der Waals surface area (Å²) in [5, 5.41) is 3.50. The van der Waals surface area contributed by atoms with Crippen LogP contribution in [0.5, 0.6) is 0 Å². The molecule has 0 atom stereocenters. The molecule has 0 radical (unpaired) electrons. The van der Waals surface area contributed by atoms with E-state index in [0.717, 1.165) is 29.5 Å². The van der Waals surface area contributed by atoms with Gasteiger partial charge in [0, 0.05) is 11.1 Å². The van der Waals surface area contributed by atoms with Gasteiger partial charge in [-0.25, -0.2) is 0 Å². The average molecular weight is 586 g/mol. The van der Waals surface area contributed by atoms with Crippen molar-refractivity contribution in [1.82, 2.24) is 0 Å². The van der Waals surface area contributed by atoms with E-state index in [1.165, 1.54) is 0 Å². The zero-order valence-corrected chi connectivity index (χ0v) is 26.8. The summed E-state index contributed by atoms with van der Waals surface area (Å²) in [5.41, 5.74) is 11.2. The minimum absolute atomic E-state index is 0.0597. The summed E-state index contributed by atoms with van der Waals surface area (Å²) in [4.78, 5) is 0. The van der Waals surface area contributed by atoms with E-state index < -0.39 is 10.8 Å². The van der Waals surface area contributed by atoms with E-state index >= 15 is 0 Å². The molecule has 2 nitrogen and oxygen atoms in total. The summed E-state index contributed by atoms with van der Waals surface area (Å²) in [5.74, 6) is 0. The third-order valence-corrected chi connectivity index (χ3v) is 8.99. The zero-order valence-electron chi connectivity index (χ0n) is 33.8. The Morgan fingerprint density at radius 3 is 1.93 bits per heavy atom. The summed E-state index contributed by atoms with van der Waals surface area (Å²) in [6.45, 7) is 14.5. The molecule has 0 heterocycles. The Hall–Kier alpha value is -4.30. The van der Waals surface area contributed by atoms with Crippen molar-refractivity contribution < 1.29 is 9.60 Å². The van der Waals surface area contributed by atoms with Gasteiger partial charge in [-0.3, -0.25) is 0 Å².